The van der Waals surface area contributed by atoms with Gasteiger partial charge in [0.1, 0.15) is 0 Å². The van der Waals surface area contributed by atoms with Crippen LogP contribution in [-0.2, 0) is 17.8 Å². The van der Waals surface area contributed by atoms with Gasteiger partial charge in [-0.25, -0.2) is 4.98 Å². The minimum absolute atomic E-state index is 0.0156. The average Bonchev–Trinajstić information content (AvgIpc) is 3.25. The number of oxazole rings is 1. The Labute approximate surface area is 140 Å². The number of carbonyl (C=O) groups excluding carboxylic acids is 1. The first-order valence-electron chi connectivity index (χ1n) is 7.97. The average molecular weight is 324 g/mol. The molecule has 3 aromatic rings. The molecule has 2 aromatic heterocycles. The highest BCUT2D eigenvalue weighted by molar-refractivity contribution is 5.76. The van der Waals surface area contributed by atoms with Crippen molar-refractivity contribution >= 4 is 5.91 Å². The van der Waals surface area contributed by atoms with Gasteiger partial charge >= 0.3 is 0 Å². The maximum absolute atomic E-state index is 12.0. The molecule has 0 saturated carbocycles. The van der Waals surface area contributed by atoms with Crippen molar-refractivity contribution in [1.82, 2.24) is 20.1 Å². The van der Waals surface area contributed by atoms with Crippen LogP contribution in [0.5, 0.6) is 0 Å². The van der Waals surface area contributed by atoms with Crippen molar-refractivity contribution in [1.29, 1.82) is 0 Å². The molecule has 0 aliphatic carbocycles. The molecule has 0 radical (unpaired) electrons. The van der Waals surface area contributed by atoms with Crippen molar-refractivity contribution in [3.05, 3.63) is 60.9 Å². The number of carbonyl (C=O) groups is 1. The highest BCUT2D eigenvalue weighted by Gasteiger charge is 2.11. The van der Waals surface area contributed by atoms with Crippen LogP contribution in [0, 0.1) is 0 Å². The van der Waals surface area contributed by atoms with Gasteiger partial charge in [-0.2, -0.15) is 5.10 Å². The molecule has 6 heteroatoms. The zero-order chi connectivity index (χ0) is 16.8. The lowest BCUT2D eigenvalue weighted by Crippen LogP contribution is -2.35. The summed E-state index contributed by atoms with van der Waals surface area (Å²) >= 11 is 0. The molecule has 2 heterocycles. The summed E-state index contributed by atoms with van der Waals surface area (Å²) in [5.74, 6) is 1.27. The zero-order valence-electron chi connectivity index (χ0n) is 13.6. The topological polar surface area (TPSA) is 73.0 Å². The van der Waals surface area contributed by atoms with E-state index in [9.17, 15) is 4.79 Å². The third kappa shape index (κ3) is 4.32. The van der Waals surface area contributed by atoms with E-state index in [1.807, 2.05) is 49.5 Å². The quantitative estimate of drug-likeness (QED) is 0.725. The molecule has 1 amide bonds. The lowest BCUT2D eigenvalue weighted by atomic mass is 10.2. The molecule has 1 unspecified atom stereocenters. The first-order chi connectivity index (χ1) is 11.7. The number of rotatable bonds is 7. The number of hydrogen-bond acceptors (Lipinski definition) is 4. The van der Waals surface area contributed by atoms with Crippen LogP contribution in [0.25, 0.3) is 11.3 Å². The van der Waals surface area contributed by atoms with E-state index >= 15 is 0 Å². The van der Waals surface area contributed by atoms with Gasteiger partial charge in [-0.1, -0.05) is 30.3 Å². The standard InChI is InChI=1S/C18H20N4O2/c1-14(13-22-11-5-10-20-22)21-17(23)8-9-18-19-12-16(24-18)15-6-3-2-4-7-15/h2-7,10-12,14H,8-9,13H2,1H3,(H,21,23). The largest absolute Gasteiger partial charge is 0.441 e. The fourth-order valence-electron chi connectivity index (χ4n) is 2.46. The van der Waals surface area contributed by atoms with Gasteiger partial charge in [-0.05, 0) is 13.0 Å². The number of aromatic nitrogens is 3. The van der Waals surface area contributed by atoms with E-state index in [2.05, 4.69) is 15.4 Å². The summed E-state index contributed by atoms with van der Waals surface area (Å²) in [5.41, 5.74) is 0.980. The minimum atomic E-state index is -0.0193. The maximum atomic E-state index is 12.0. The highest BCUT2D eigenvalue weighted by atomic mass is 16.4. The molecule has 124 valence electrons. The van der Waals surface area contributed by atoms with Crippen molar-refractivity contribution in [2.45, 2.75) is 32.4 Å². The Balaban J connectivity index is 1.47. The summed E-state index contributed by atoms with van der Waals surface area (Å²) in [5, 5.41) is 7.09. The van der Waals surface area contributed by atoms with Crippen molar-refractivity contribution in [2.75, 3.05) is 0 Å². The van der Waals surface area contributed by atoms with Crippen molar-refractivity contribution < 1.29 is 9.21 Å². The normalized spacial score (nSPS) is 12.0. The summed E-state index contributed by atoms with van der Waals surface area (Å²) in [7, 11) is 0. The number of hydrogen-bond donors (Lipinski definition) is 1. The summed E-state index contributed by atoms with van der Waals surface area (Å²) in [6.07, 6.45) is 6.12. The van der Waals surface area contributed by atoms with E-state index in [0.29, 0.717) is 25.3 Å². The first-order valence-corrected chi connectivity index (χ1v) is 7.97. The van der Waals surface area contributed by atoms with E-state index in [-0.39, 0.29) is 11.9 Å². The molecule has 0 bridgehead atoms. The van der Waals surface area contributed by atoms with Crippen molar-refractivity contribution in [3.63, 3.8) is 0 Å². The van der Waals surface area contributed by atoms with Crippen LogP contribution in [0.15, 0.2) is 59.4 Å². The lowest BCUT2D eigenvalue weighted by Gasteiger charge is -2.13. The number of nitrogens with zero attached hydrogens (tertiary/aromatic N) is 3. The fraction of sp³-hybridized carbons (Fsp3) is 0.278. The Morgan fingerprint density at radius 1 is 1.29 bits per heavy atom. The third-order valence-electron chi connectivity index (χ3n) is 3.61. The SMILES string of the molecule is CC(Cn1cccn1)NC(=O)CCc1ncc(-c2ccccc2)o1. The molecule has 0 saturated heterocycles. The molecule has 24 heavy (non-hydrogen) atoms. The molecule has 0 aliphatic heterocycles. The van der Waals surface area contributed by atoms with Crippen LogP contribution in [0.4, 0.5) is 0 Å². The summed E-state index contributed by atoms with van der Waals surface area (Å²) in [6.45, 7) is 2.61. The van der Waals surface area contributed by atoms with Gasteiger partial charge in [0, 0.05) is 36.8 Å². The van der Waals surface area contributed by atoms with Crippen LogP contribution in [-0.4, -0.2) is 26.7 Å². The van der Waals surface area contributed by atoms with Gasteiger partial charge in [0.2, 0.25) is 5.91 Å². The van der Waals surface area contributed by atoms with Gasteiger partial charge in [0.05, 0.1) is 12.7 Å². The predicted octanol–water partition coefficient (Wildman–Crippen LogP) is 2.68. The number of amides is 1. The molecule has 1 aromatic carbocycles. The molecular weight excluding hydrogens is 304 g/mol. The molecule has 0 spiro atoms. The minimum Gasteiger partial charge on any atom is -0.441 e. The summed E-state index contributed by atoms with van der Waals surface area (Å²) in [4.78, 5) is 16.3. The lowest BCUT2D eigenvalue weighted by molar-refractivity contribution is -0.121. The Hall–Kier alpha value is -2.89. The first kappa shape index (κ1) is 16.0. The monoisotopic (exact) mass is 324 g/mol. The van der Waals surface area contributed by atoms with E-state index in [1.54, 1.807) is 17.1 Å². The molecule has 1 atom stereocenters. The molecule has 3 rings (SSSR count). The van der Waals surface area contributed by atoms with Crippen molar-refractivity contribution in [3.8, 4) is 11.3 Å². The molecule has 1 N–H and O–H groups in total. The number of benzene rings is 1. The summed E-state index contributed by atoms with van der Waals surface area (Å²) in [6, 6.07) is 11.7. The van der Waals surface area contributed by atoms with Crippen LogP contribution < -0.4 is 5.32 Å². The maximum Gasteiger partial charge on any atom is 0.220 e. The van der Waals surface area contributed by atoms with Crippen LogP contribution in [0.1, 0.15) is 19.2 Å². The zero-order valence-corrected chi connectivity index (χ0v) is 13.6. The van der Waals surface area contributed by atoms with Gasteiger partial charge < -0.3 is 9.73 Å². The molecule has 6 nitrogen and oxygen atoms in total. The highest BCUT2D eigenvalue weighted by Crippen LogP contribution is 2.20. The second kappa shape index (κ2) is 7.59. The number of nitrogens with one attached hydrogen (secondary N) is 1. The smallest absolute Gasteiger partial charge is 0.220 e. The van der Waals surface area contributed by atoms with Crippen LogP contribution in [0.3, 0.4) is 0 Å². The molecular formula is C18H20N4O2. The van der Waals surface area contributed by atoms with Crippen LogP contribution in [0.2, 0.25) is 0 Å². The van der Waals surface area contributed by atoms with E-state index in [0.717, 1.165) is 11.3 Å². The van der Waals surface area contributed by atoms with Gasteiger partial charge in [-0.15, -0.1) is 0 Å². The van der Waals surface area contributed by atoms with Gasteiger partial charge in [0.15, 0.2) is 11.7 Å². The number of aryl methyl sites for hydroxylation is 1. The Morgan fingerprint density at radius 3 is 2.88 bits per heavy atom. The molecule has 0 aliphatic rings. The fourth-order valence-corrected chi connectivity index (χ4v) is 2.46. The Kier molecular flexibility index (Phi) is 5.05. The van der Waals surface area contributed by atoms with E-state index in [1.165, 1.54) is 0 Å². The van der Waals surface area contributed by atoms with Crippen LogP contribution >= 0.6 is 0 Å². The second-order valence-electron chi connectivity index (χ2n) is 5.68. The predicted molar refractivity (Wildman–Crippen MR) is 90.1 cm³/mol. The van der Waals surface area contributed by atoms with E-state index in [4.69, 9.17) is 4.42 Å². The molecule has 0 fully saturated rings. The Bertz CT molecular complexity index is 765. The van der Waals surface area contributed by atoms with Gasteiger partial charge in [0.25, 0.3) is 0 Å². The summed E-state index contributed by atoms with van der Waals surface area (Å²) < 4.78 is 7.50. The third-order valence-corrected chi connectivity index (χ3v) is 3.61. The Morgan fingerprint density at radius 2 is 2.12 bits per heavy atom. The van der Waals surface area contributed by atoms with E-state index < -0.39 is 0 Å². The van der Waals surface area contributed by atoms with Gasteiger partial charge in [-0.3, -0.25) is 9.48 Å². The van der Waals surface area contributed by atoms with Crippen molar-refractivity contribution in [2.24, 2.45) is 0 Å². The second-order valence-corrected chi connectivity index (χ2v) is 5.68.